The maximum Gasteiger partial charge on any atom is 0.251 e. The van der Waals surface area contributed by atoms with Gasteiger partial charge in [0, 0.05) is 28.6 Å². The summed E-state index contributed by atoms with van der Waals surface area (Å²) in [5.74, 6) is 2.26. The summed E-state index contributed by atoms with van der Waals surface area (Å²) in [5, 5.41) is 2.97. The smallest absolute Gasteiger partial charge is 0.251 e. The molecule has 4 rings (SSSR count). The number of fused-ring (bicyclic) bond motifs is 1. The van der Waals surface area contributed by atoms with Crippen LogP contribution in [0.5, 0.6) is 0 Å². The number of benzene rings is 1. The summed E-state index contributed by atoms with van der Waals surface area (Å²) < 4.78 is 7.59. The van der Waals surface area contributed by atoms with Gasteiger partial charge in [0.25, 0.3) is 5.91 Å². The minimum Gasteiger partial charge on any atom is -0.464 e. The average Bonchev–Trinajstić information content (AvgIpc) is 3.32. The Bertz CT molecular complexity index is 1070. The highest BCUT2D eigenvalue weighted by Gasteiger charge is 2.14. The molecule has 5 nitrogen and oxygen atoms in total. The van der Waals surface area contributed by atoms with Crippen molar-refractivity contribution in [1.29, 1.82) is 0 Å². The maximum absolute atomic E-state index is 12.5. The first-order chi connectivity index (χ1) is 13.6. The van der Waals surface area contributed by atoms with Gasteiger partial charge in [-0.25, -0.2) is 4.98 Å². The SMILES string of the molecule is Cc1ccc(C(C)NC(=O)c2ccc(SCc3cn4ccccc4n3)cc2)o1. The molecule has 0 aliphatic heterocycles. The highest BCUT2D eigenvalue weighted by molar-refractivity contribution is 7.98. The molecule has 1 amide bonds. The van der Waals surface area contributed by atoms with Gasteiger partial charge >= 0.3 is 0 Å². The number of pyridine rings is 1. The normalized spacial score (nSPS) is 12.2. The molecule has 0 fully saturated rings. The summed E-state index contributed by atoms with van der Waals surface area (Å²) in [6.45, 7) is 3.80. The molecule has 1 atom stereocenters. The Morgan fingerprint density at radius 1 is 1.18 bits per heavy atom. The molecule has 28 heavy (non-hydrogen) atoms. The predicted molar refractivity (Wildman–Crippen MR) is 111 cm³/mol. The van der Waals surface area contributed by atoms with Crippen molar-refractivity contribution in [2.75, 3.05) is 0 Å². The Balaban J connectivity index is 1.35. The van der Waals surface area contributed by atoms with E-state index in [2.05, 4.69) is 10.3 Å². The molecule has 0 bridgehead atoms. The van der Waals surface area contributed by atoms with E-state index in [9.17, 15) is 4.79 Å². The van der Waals surface area contributed by atoms with Gasteiger partial charge in [0.1, 0.15) is 17.2 Å². The Morgan fingerprint density at radius 2 is 2.00 bits per heavy atom. The van der Waals surface area contributed by atoms with E-state index < -0.39 is 0 Å². The number of hydrogen-bond donors (Lipinski definition) is 1. The molecule has 0 saturated carbocycles. The van der Waals surface area contributed by atoms with Gasteiger partial charge in [0.15, 0.2) is 0 Å². The molecular weight excluding hydrogens is 370 g/mol. The van der Waals surface area contributed by atoms with Gasteiger partial charge in [-0.1, -0.05) is 6.07 Å². The van der Waals surface area contributed by atoms with Crippen LogP contribution in [0.2, 0.25) is 0 Å². The number of aromatic nitrogens is 2. The van der Waals surface area contributed by atoms with Crippen molar-refractivity contribution in [3.63, 3.8) is 0 Å². The molecule has 142 valence electrons. The molecule has 0 spiro atoms. The average molecular weight is 391 g/mol. The molecule has 4 aromatic rings. The molecule has 0 aliphatic carbocycles. The Morgan fingerprint density at radius 3 is 2.71 bits per heavy atom. The zero-order valence-electron chi connectivity index (χ0n) is 15.8. The largest absolute Gasteiger partial charge is 0.464 e. The lowest BCUT2D eigenvalue weighted by atomic mass is 10.2. The number of imidazole rings is 1. The highest BCUT2D eigenvalue weighted by atomic mass is 32.2. The van der Waals surface area contributed by atoms with Crippen molar-refractivity contribution < 1.29 is 9.21 Å². The molecule has 0 aliphatic rings. The molecule has 3 aromatic heterocycles. The lowest BCUT2D eigenvalue weighted by Gasteiger charge is -2.11. The van der Waals surface area contributed by atoms with Crippen molar-refractivity contribution in [3.8, 4) is 0 Å². The number of amides is 1. The van der Waals surface area contributed by atoms with Crippen LogP contribution >= 0.6 is 11.8 Å². The quantitative estimate of drug-likeness (QED) is 0.469. The first-order valence-corrected chi connectivity index (χ1v) is 10.1. The molecule has 0 saturated heterocycles. The van der Waals surface area contributed by atoms with Crippen molar-refractivity contribution >= 4 is 23.3 Å². The van der Waals surface area contributed by atoms with Crippen LogP contribution in [-0.2, 0) is 5.75 Å². The zero-order chi connectivity index (χ0) is 19.5. The maximum atomic E-state index is 12.5. The van der Waals surface area contributed by atoms with Crippen LogP contribution in [0.4, 0.5) is 0 Å². The van der Waals surface area contributed by atoms with Gasteiger partial charge in [-0.3, -0.25) is 4.79 Å². The fourth-order valence-electron chi connectivity index (χ4n) is 2.95. The number of hydrogen-bond acceptors (Lipinski definition) is 4. The Hall–Kier alpha value is -2.99. The van der Waals surface area contributed by atoms with E-state index in [-0.39, 0.29) is 11.9 Å². The van der Waals surface area contributed by atoms with Gasteiger partial charge < -0.3 is 14.1 Å². The van der Waals surface area contributed by atoms with E-state index in [0.717, 1.165) is 33.5 Å². The summed E-state index contributed by atoms with van der Waals surface area (Å²) >= 11 is 1.70. The van der Waals surface area contributed by atoms with Gasteiger partial charge in [-0.2, -0.15) is 0 Å². The second-order valence-electron chi connectivity index (χ2n) is 6.65. The molecule has 3 heterocycles. The third-order valence-electron chi connectivity index (χ3n) is 4.45. The van der Waals surface area contributed by atoms with Crippen LogP contribution in [0.3, 0.4) is 0 Å². The zero-order valence-corrected chi connectivity index (χ0v) is 16.6. The molecule has 0 radical (unpaired) electrons. The summed E-state index contributed by atoms with van der Waals surface area (Å²) in [7, 11) is 0. The van der Waals surface area contributed by atoms with Gasteiger partial charge in [0.2, 0.25) is 0 Å². The summed E-state index contributed by atoms with van der Waals surface area (Å²) in [5.41, 5.74) is 2.61. The third kappa shape index (κ3) is 4.12. The topological polar surface area (TPSA) is 59.5 Å². The number of furan rings is 1. The van der Waals surface area contributed by atoms with Crippen LogP contribution in [0.25, 0.3) is 5.65 Å². The Kier molecular flexibility index (Phi) is 5.21. The van der Waals surface area contributed by atoms with E-state index in [1.165, 1.54) is 0 Å². The van der Waals surface area contributed by atoms with E-state index >= 15 is 0 Å². The van der Waals surface area contributed by atoms with Gasteiger partial charge in [-0.15, -0.1) is 11.8 Å². The summed E-state index contributed by atoms with van der Waals surface area (Å²) in [6, 6.07) is 17.2. The molecule has 6 heteroatoms. The van der Waals surface area contributed by atoms with Crippen LogP contribution in [0.15, 0.2) is 76.3 Å². The molecule has 1 aromatic carbocycles. The number of thioether (sulfide) groups is 1. The lowest BCUT2D eigenvalue weighted by molar-refractivity contribution is 0.0935. The number of rotatable bonds is 6. The van der Waals surface area contributed by atoms with E-state index in [1.807, 2.05) is 85.2 Å². The second kappa shape index (κ2) is 7.94. The number of carbonyl (C=O) groups is 1. The summed E-state index contributed by atoms with van der Waals surface area (Å²) in [4.78, 5) is 18.2. The van der Waals surface area contributed by atoms with Gasteiger partial charge in [-0.05, 0) is 62.4 Å². The molecule has 1 N–H and O–H groups in total. The predicted octanol–water partition coefficient (Wildman–Crippen LogP) is 5.02. The first kappa shape index (κ1) is 18.4. The van der Waals surface area contributed by atoms with Crippen molar-refractivity contribution in [1.82, 2.24) is 14.7 Å². The van der Waals surface area contributed by atoms with Crippen LogP contribution in [0, 0.1) is 6.92 Å². The number of nitrogens with zero attached hydrogens (tertiary/aromatic N) is 2. The van der Waals surface area contributed by atoms with Crippen molar-refractivity contribution in [2.24, 2.45) is 0 Å². The third-order valence-corrected chi connectivity index (χ3v) is 5.50. The van der Waals surface area contributed by atoms with Crippen LogP contribution < -0.4 is 5.32 Å². The Labute approximate surface area is 167 Å². The van der Waals surface area contributed by atoms with Crippen molar-refractivity contribution in [3.05, 3.63) is 89.8 Å². The van der Waals surface area contributed by atoms with E-state index in [0.29, 0.717) is 5.56 Å². The monoisotopic (exact) mass is 391 g/mol. The lowest BCUT2D eigenvalue weighted by Crippen LogP contribution is -2.26. The highest BCUT2D eigenvalue weighted by Crippen LogP contribution is 2.23. The number of carbonyl (C=O) groups excluding carboxylic acids is 1. The van der Waals surface area contributed by atoms with Crippen LogP contribution in [0.1, 0.15) is 40.5 Å². The summed E-state index contributed by atoms with van der Waals surface area (Å²) in [6.07, 6.45) is 4.04. The number of aryl methyl sites for hydroxylation is 1. The minimum absolute atomic E-state index is 0.113. The van der Waals surface area contributed by atoms with Crippen LogP contribution in [-0.4, -0.2) is 15.3 Å². The second-order valence-corrected chi connectivity index (χ2v) is 7.70. The molecular formula is C22H21N3O2S. The standard InChI is InChI=1S/C22H21N3O2S/c1-15-6-11-20(27-15)16(2)23-22(26)17-7-9-19(10-8-17)28-14-18-13-25-12-4-3-5-21(25)24-18/h3-13,16H,14H2,1-2H3,(H,23,26). The molecule has 1 unspecified atom stereocenters. The van der Waals surface area contributed by atoms with E-state index in [1.54, 1.807) is 11.8 Å². The van der Waals surface area contributed by atoms with Crippen molar-refractivity contribution in [2.45, 2.75) is 30.5 Å². The first-order valence-electron chi connectivity index (χ1n) is 9.11. The fourth-order valence-corrected chi connectivity index (χ4v) is 3.74. The fraction of sp³-hybridized carbons (Fsp3) is 0.182. The van der Waals surface area contributed by atoms with Gasteiger partial charge in [0.05, 0.1) is 11.7 Å². The minimum atomic E-state index is -0.176. The number of nitrogens with one attached hydrogen (secondary N) is 1. The van der Waals surface area contributed by atoms with E-state index in [4.69, 9.17) is 4.42 Å².